The van der Waals surface area contributed by atoms with Crippen molar-refractivity contribution in [1.29, 1.82) is 0 Å². The molecule has 0 bridgehead atoms. The molecule has 0 spiro atoms. The van der Waals surface area contributed by atoms with Gasteiger partial charge in [0, 0.05) is 53.3 Å². The summed E-state index contributed by atoms with van der Waals surface area (Å²) in [6.45, 7) is 2.88. The van der Waals surface area contributed by atoms with Gasteiger partial charge < -0.3 is 19.9 Å². The third-order valence-corrected chi connectivity index (χ3v) is 6.20. The Hall–Kier alpha value is -5.26. The van der Waals surface area contributed by atoms with Crippen LogP contribution in [0.1, 0.15) is 21.7 Å². The van der Waals surface area contributed by atoms with E-state index in [0.29, 0.717) is 23.4 Å². The minimum Gasteiger partial charge on any atom is -0.506 e. The van der Waals surface area contributed by atoms with Crippen LogP contribution < -0.4 is 14.8 Å². The molecule has 0 aliphatic carbocycles. The number of nitrogens with zero attached hydrogens (tertiary/aromatic N) is 3. The van der Waals surface area contributed by atoms with Crippen molar-refractivity contribution in [3.05, 3.63) is 95.1 Å². The summed E-state index contributed by atoms with van der Waals surface area (Å²) in [7, 11) is 1.46. The molecular formula is C29H20F4N4O4. The van der Waals surface area contributed by atoms with Crippen molar-refractivity contribution in [1.82, 2.24) is 15.0 Å². The molecular weight excluding hydrogens is 544 g/mol. The first-order valence-corrected chi connectivity index (χ1v) is 12.0. The molecule has 0 saturated heterocycles. The summed E-state index contributed by atoms with van der Waals surface area (Å²) in [4.78, 5) is 25.7. The van der Waals surface area contributed by atoms with E-state index >= 15 is 8.78 Å². The molecule has 0 radical (unpaired) electrons. The van der Waals surface area contributed by atoms with E-state index < -0.39 is 51.9 Å². The van der Waals surface area contributed by atoms with Gasteiger partial charge in [-0.25, -0.2) is 22.5 Å². The van der Waals surface area contributed by atoms with Gasteiger partial charge >= 0.3 is 0 Å². The number of hydrogen-bond donors (Lipinski definition) is 2. The highest BCUT2D eigenvalue weighted by Gasteiger charge is 2.25. The predicted molar refractivity (Wildman–Crippen MR) is 141 cm³/mol. The number of anilines is 1. The van der Waals surface area contributed by atoms with Crippen LogP contribution in [0.15, 0.2) is 54.9 Å². The lowest BCUT2D eigenvalue weighted by Gasteiger charge is -2.16. The maximum atomic E-state index is 15.1. The van der Waals surface area contributed by atoms with E-state index in [1.165, 1.54) is 39.4 Å². The van der Waals surface area contributed by atoms with E-state index in [0.717, 1.165) is 18.2 Å². The Bertz CT molecular complexity index is 1850. The highest BCUT2D eigenvalue weighted by atomic mass is 19.1. The largest absolute Gasteiger partial charge is 0.506 e. The highest BCUT2D eigenvalue weighted by Crippen LogP contribution is 2.38. The van der Waals surface area contributed by atoms with Gasteiger partial charge in [-0.05, 0) is 26.0 Å². The van der Waals surface area contributed by atoms with Crippen LogP contribution in [-0.2, 0) is 0 Å². The molecule has 41 heavy (non-hydrogen) atoms. The van der Waals surface area contributed by atoms with Crippen molar-refractivity contribution >= 4 is 22.6 Å². The molecule has 2 aromatic carbocycles. The van der Waals surface area contributed by atoms with Gasteiger partial charge in [0.05, 0.1) is 30.2 Å². The zero-order valence-corrected chi connectivity index (χ0v) is 21.7. The van der Waals surface area contributed by atoms with Crippen LogP contribution in [0.4, 0.5) is 23.2 Å². The van der Waals surface area contributed by atoms with Crippen LogP contribution in [0.2, 0.25) is 0 Å². The van der Waals surface area contributed by atoms with Crippen LogP contribution in [-0.4, -0.2) is 33.1 Å². The number of aromatic hydroxyl groups is 1. The van der Waals surface area contributed by atoms with Crippen molar-refractivity contribution in [3.63, 3.8) is 0 Å². The Morgan fingerprint density at radius 1 is 0.902 bits per heavy atom. The topological polar surface area (TPSA) is 106 Å². The van der Waals surface area contributed by atoms with Gasteiger partial charge in [-0.15, -0.1) is 0 Å². The second-order valence-corrected chi connectivity index (χ2v) is 8.88. The lowest BCUT2D eigenvalue weighted by atomic mass is 9.98. The first-order valence-electron chi connectivity index (χ1n) is 12.0. The standard InChI is InChI=1S/C29H20F4N4O4/c1-13-25(17-5-4-15(30)8-18(17)31)28(38)26(14(2)36-13)29(39)37-21-10-20(33)24(11-19(21)32)41-23-6-7-34-22-9-16(40-3)12-35-27(22)23/h4-12H,1-3H3,(H,36,38)(H,37,39). The number of ether oxygens (including phenoxy) is 2. The zero-order valence-electron chi connectivity index (χ0n) is 21.7. The number of carbonyl (C=O) groups excluding carboxylic acids is 1. The van der Waals surface area contributed by atoms with Crippen molar-refractivity contribution in [2.45, 2.75) is 13.8 Å². The number of pyridine rings is 3. The highest BCUT2D eigenvalue weighted by molar-refractivity contribution is 6.08. The molecule has 5 aromatic rings. The molecule has 5 rings (SSSR count). The molecule has 0 fully saturated rings. The summed E-state index contributed by atoms with van der Waals surface area (Å²) in [5.74, 6) is -5.54. The predicted octanol–water partition coefficient (Wildman–Crippen LogP) is 6.62. The molecule has 3 heterocycles. The number of carbonyl (C=O) groups is 1. The number of aryl methyl sites for hydroxylation is 2. The number of amides is 1. The third-order valence-electron chi connectivity index (χ3n) is 6.20. The summed E-state index contributed by atoms with van der Waals surface area (Å²) < 4.78 is 68.7. The van der Waals surface area contributed by atoms with E-state index in [4.69, 9.17) is 9.47 Å². The van der Waals surface area contributed by atoms with Gasteiger partial charge in [-0.2, -0.15) is 0 Å². The number of halogens is 4. The number of methoxy groups -OCH3 is 1. The van der Waals surface area contributed by atoms with Gasteiger partial charge in [-0.3, -0.25) is 14.8 Å². The molecule has 0 unspecified atom stereocenters. The summed E-state index contributed by atoms with van der Waals surface area (Å²) in [6, 6.07) is 7.16. The minimum absolute atomic E-state index is 0.0401. The maximum absolute atomic E-state index is 15.1. The van der Waals surface area contributed by atoms with Crippen molar-refractivity contribution in [3.8, 4) is 34.1 Å². The number of rotatable bonds is 6. The average molecular weight is 564 g/mol. The van der Waals surface area contributed by atoms with Gasteiger partial charge in [0.2, 0.25) is 0 Å². The van der Waals surface area contributed by atoms with Crippen molar-refractivity contribution in [2.75, 3.05) is 12.4 Å². The van der Waals surface area contributed by atoms with E-state index in [2.05, 4.69) is 20.3 Å². The molecule has 8 nitrogen and oxygen atoms in total. The lowest BCUT2D eigenvalue weighted by molar-refractivity contribution is 0.102. The Labute approximate surface area is 230 Å². The van der Waals surface area contributed by atoms with Crippen molar-refractivity contribution in [2.24, 2.45) is 0 Å². The number of hydrogen-bond acceptors (Lipinski definition) is 7. The summed E-state index contributed by atoms with van der Waals surface area (Å²) in [5, 5.41) is 13.1. The number of aromatic nitrogens is 3. The number of fused-ring (bicyclic) bond motifs is 1. The Morgan fingerprint density at radius 2 is 1.68 bits per heavy atom. The Kier molecular flexibility index (Phi) is 7.14. The first kappa shape index (κ1) is 27.3. The molecule has 0 aliphatic heterocycles. The van der Waals surface area contributed by atoms with Crippen LogP contribution in [0.5, 0.6) is 23.0 Å². The second kappa shape index (κ2) is 10.7. The summed E-state index contributed by atoms with van der Waals surface area (Å²) in [6.07, 6.45) is 2.82. The van der Waals surface area contributed by atoms with Gasteiger partial charge in [0.1, 0.15) is 34.2 Å². The van der Waals surface area contributed by atoms with Crippen LogP contribution in [0, 0.1) is 37.1 Å². The number of nitrogens with one attached hydrogen (secondary N) is 1. The normalized spacial score (nSPS) is 11.0. The fourth-order valence-corrected chi connectivity index (χ4v) is 4.30. The Balaban J connectivity index is 1.46. The molecule has 0 aliphatic rings. The lowest BCUT2D eigenvalue weighted by Crippen LogP contribution is -2.17. The molecule has 1 amide bonds. The molecule has 0 saturated carbocycles. The quantitative estimate of drug-likeness (QED) is 0.223. The van der Waals surface area contributed by atoms with Gasteiger partial charge in [0.15, 0.2) is 23.1 Å². The third kappa shape index (κ3) is 5.19. The van der Waals surface area contributed by atoms with Gasteiger partial charge in [0.25, 0.3) is 5.91 Å². The molecule has 2 N–H and O–H groups in total. The van der Waals surface area contributed by atoms with Crippen LogP contribution in [0.3, 0.4) is 0 Å². The zero-order chi connectivity index (χ0) is 29.4. The molecule has 3 aromatic heterocycles. The smallest absolute Gasteiger partial charge is 0.261 e. The molecule has 0 atom stereocenters. The average Bonchev–Trinajstić information content (AvgIpc) is 2.92. The van der Waals surface area contributed by atoms with E-state index in [1.54, 1.807) is 6.07 Å². The molecule has 208 valence electrons. The van der Waals surface area contributed by atoms with E-state index in [-0.39, 0.29) is 33.8 Å². The van der Waals surface area contributed by atoms with Gasteiger partial charge in [-0.1, -0.05) is 0 Å². The minimum atomic E-state index is -1.05. The van der Waals surface area contributed by atoms with E-state index in [1.807, 2.05) is 0 Å². The van der Waals surface area contributed by atoms with Crippen LogP contribution in [0.25, 0.3) is 22.2 Å². The maximum Gasteiger partial charge on any atom is 0.261 e. The fourth-order valence-electron chi connectivity index (χ4n) is 4.30. The van der Waals surface area contributed by atoms with Crippen LogP contribution >= 0.6 is 0 Å². The first-order chi connectivity index (χ1) is 19.6. The summed E-state index contributed by atoms with van der Waals surface area (Å²) >= 11 is 0. The van der Waals surface area contributed by atoms with Crippen molar-refractivity contribution < 1.29 is 36.9 Å². The second-order valence-electron chi connectivity index (χ2n) is 8.88. The fraction of sp³-hybridized carbons (Fsp3) is 0.103. The monoisotopic (exact) mass is 564 g/mol. The number of benzene rings is 2. The SMILES string of the molecule is COc1cnc2c(Oc3cc(F)c(NC(=O)c4c(C)nc(C)c(-c5ccc(F)cc5F)c4O)cc3F)ccnc2c1. The van der Waals surface area contributed by atoms with E-state index in [9.17, 15) is 18.7 Å². The molecule has 12 heteroatoms. The summed E-state index contributed by atoms with van der Waals surface area (Å²) in [5.41, 5.74) is -0.432. The Morgan fingerprint density at radius 3 is 2.41 bits per heavy atom.